The summed E-state index contributed by atoms with van der Waals surface area (Å²) < 4.78 is 30.6. The third kappa shape index (κ3) is 2.64. The topological polar surface area (TPSA) is 57.4 Å². The summed E-state index contributed by atoms with van der Waals surface area (Å²) >= 11 is 0. The maximum Gasteiger partial charge on any atom is 0.525 e. The third-order valence-electron chi connectivity index (χ3n) is 4.75. The molecule has 0 aromatic carbocycles. The zero-order valence-electron chi connectivity index (χ0n) is 12.9. The average Bonchev–Trinajstić information content (AvgIpc) is 2.90. The van der Waals surface area contributed by atoms with Gasteiger partial charge in [0.05, 0.1) is 11.2 Å². The summed E-state index contributed by atoms with van der Waals surface area (Å²) in [5, 5.41) is 3.78. The number of allylic oxidation sites excluding steroid dienone is 1. The minimum atomic E-state index is -0.879. The first-order valence-corrected chi connectivity index (χ1v) is 7.27. The Balaban J connectivity index is 1.61. The number of hydrogen-bond donors (Lipinski definition) is 0. The van der Waals surface area contributed by atoms with Gasteiger partial charge < -0.3 is 13.8 Å². The van der Waals surface area contributed by atoms with Crippen molar-refractivity contribution in [3.63, 3.8) is 0 Å². The number of rotatable bonds is 3. The van der Waals surface area contributed by atoms with E-state index in [0.29, 0.717) is 24.6 Å². The van der Waals surface area contributed by atoms with Gasteiger partial charge in [0.2, 0.25) is 6.39 Å². The van der Waals surface area contributed by atoms with Gasteiger partial charge in [-0.05, 0) is 52.0 Å². The fraction of sp³-hybridized carbons (Fsp3) is 0.714. The first kappa shape index (κ1) is 14.7. The second kappa shape index (κ2) is 4.92. The molecule has 5 nitrogen and oxygen atoms in total. The van der Waals surface area contributed by atoms with E-state index in [1.807, 2.05) is 27.7 Å². The van der Waals surface area contributed by atoms with Crippen LogP contribution >= 0.6 is 0 Å². The van der Waals surface area contributed by atoms with Crippen molar-refractivity contribution in [1.29, 1.82) is 0 Å². The predicted molar refractivity (Wildman–Crippen MR) is 74.9 cm³/mol. The van der Waals surface area contributed by atoms with Crippen LogP contribution in [0.2, 0.25) is 0 Å². The van der Waals surface area contributed by atoms with E-state index in [1.165, 1.54) is 6.39 Å². The number of hydrogen-bond acceptors (Lipinski definition) is 5. The molecule has 1 aliphatic heterocycles. The molecule has 2 aliphatic rings. The molecule has 3 rings (SSSR count). The Kier molecular flexibility index (Phi) is 3.45. The van der Waals surface area contributed by atoms with Crippen molar-refractivity contribution < 1.29 is 18.2 Å². The molecular weight excluding hydrogens is 274 g/mol. The van der Waals surface area contributed by atoms with Crippen LogP contribution in [-0.2, 0) is 15.7 Å². The van der Waals surface area contributed by atoms with Crippen LogP contribution in [0.15, 0.2) is 22.2 Å². The zero-order valence-corrected chi connectivity index (χ0v) is 12.9. The van der Waals surface area contributed by atoms with Crippen molar-refractivity contribution in [2.45, 2.75) is 58.2 Å². The van der Waals surface area contributed by atoms with Crippen molar-refractivity contribution in [3.8, 4) is 0 Å². The summed E-state index contributed by atoms with van der Waals surface area (Å²) in [7, 11) is -0.879. The van der Waals surface area contributed by atoms with Crippen molar-refractivity contribution >= 4 is 7.12 Å². The average molecular weight is 294 g/mol. The zero-order chi connectivity index (χ0) is 15.3. The van der Waals surface area contributed by atoms with E-state index >= 15 is 0 Å². The van der Waals surface area contributed by atoms with Crippen LogP contribution in [0.5, 0.6) is 0 Å². The van der Waals surface area contributed by atoms with Gasteiger partial charge in [0.15, 0.2) is 5.82 Å². The van der Waals surface area contributed by atoms with Crippen LogP contribution in [0.3, 0.4) is 0 Å². The molecule has 2 fully saturated rings. The van der Waals surface area contributed by atoms with Gasteiger partial charge in [-0.15, -0.1) is 0 Å². The standard InChI is InChI=1S/C14H20BFN2O3/c1-13(2)14(3,4)21-15(20-13)12(16)10-5-9(6-10)7-11-17-8-19-18-11/h8-9H,5-7H2,1-4H3. The fourth-order valence-corrected chi connectivity index (χ4v) is 2.63. The Morgan fingerprint density at radius 1 is 1.29 bits per heavy atom. The highest BCUT2D eigenvalue weighted by Gasteiger charge is 2.54. The molecule has 0 atom stereocenters. The van der Waals surface area contributed by atoms with Crippen LogP contribution in [0.25, 0.3) is 0 Å². The minimum absolute atomic E-state index is 0.266. The van der Waals surface area contributed by atoms with E-state index < -0.39 is 18.3 Å². The lowest BCUT2D eigenvalue weighted by Crippen LogP contribution is -2.41. The maximum atomic E-state index is 14.5. The van der Waals surface area contributed by atoms with Gasteiger partial charge in [-0.1, -0.05) is 5.16 Å². The minimum Gasteiger partial charge on any atom is -0.398 e. The lowest BCUT2D eigenvalue weighted by molar-refractivity contribution is 0.00578. The van der Waals surface area contributed by atoms with Crippen molar-refractivity contribution in [2.24, 2.45) is 5.92 Å². The van der Waals surface area contributed by atoms with Gasteiger partial charge >= 0.3 is 7.12 Å². The molecule has 1 aliphatic carbocycles. The van der Waals surface area contributed by atoms with Crippen LogP contribution in [0.1, 0.15) is 46.4 Å². The van der Waals surface area contributed by atoms with Gasteiger partial charge in [-0.25, -0.2) is 4.39 Å². The van der Waals surface area contributed by atoms with E-state index in [1.54, 1.807) is 0 Å². The fourth-order valence-electron chi connectivity index (χ4n) is 2.63. The van der Waals surface area contributed by atoms with Gasteiger partial charge in [0, 0.05) is 6.42 Å². The molecule has 0 spiro atoms. The summed E-state index contributed by atoms with van der Waals surface area (Å²) in [6, 6.07) is 0. The Hall–Kier alpha value is -1.21. The third-order valence-corrected chi connectivity index (χ3v) is 4.75. The predicted octanol–water partition coefficient (Wildman–Crippen LogP) is 2.88. The summed E-state index contributed by atoms with van der Waals surface area (Å²) in [6.07, 6.45) is 3.43. The summed E-state index contributed by atoms with van der Waals surface area (Å²) in [4.78, 5) is 3.99. The molecule has 0 bridgehead atoms. The molecule has 0 amide bonds. The lowest BCUT2D eigenvalue weighted by atomic mass is 9.71. The molecule has 114 valence electrons. The molecule has 2 heterocycles. The van der Waals surface area contributed by atoms with Gasteiger partial charge in [0.25, 0.3) is 0 Å². The highest BCUT2D eigenvalue weighted by Crippen LogP contribution is 2.43. The van der Waals surface area contributed by atoms with Crippen molar-refractivity contribution in [1.82, 2.24) is 10.1 Å². The Bertz CT molecular complexity index is 533. The SMILES string of the molecule is CC1(C)OB(C(F)=C2CC(Cc3ncon3)C2)OC1(C)C. The van der Waals surface area contributed by atoms with Crippen molar-refractivity contribution in [2.75, 3.05) is 0 Å². The largest absolute Gasteiger partial charge is 0.525 e. The smallest absolute Gasteiger partial charge is 0.398 e. The second-order valence-corrected chi connectivity index (χ2v) is 6.87. The molecule has 1 saturated carbocycles. The second-order valence-electron chi connectivity index (χ2n) is 6.87. The number of halogens is 1. The molecular formula is C14H20BFN2O3. The van der Waals surface area contributed by atoms with Crippen LogP contribution in [0, 0.1) is 5.92 Å². The Morgan fingerprint density at radius 3 is 2.43 bits per heavy atom. The van der Waals surface area contributed by atoms with Crippen LogP contribution in [0.4, 0.5) is 4.39 Å². The molecule has 1 saturated heterocycles. The van der Waals surface area contributed by atoms with Crippen LogP contribution < -0.4 is 0 Å². The van der Waals surface area contributed by atoms with E-state index in [4.69, 9.17) is 13.8 Å². The van der Waals surface area contributed by atoms with E-state index in [0.717, 1.165) is 12.0 Å². The first-order chi connectivity index (χ1) is 9.78. The quantitative estimate of drug-likeness (QED) is 0.802. The monoisotopic (exact) mass is 294 g/mol. The molecule has 1 aromatic rings. The van der Waals surface area contributed by atoms with Crippen LogP contribution in [-0.4, -0.2) is 28.5 Å². The van der Waals surface area contributed by atoms with E-state index in [2.05, 4.69) is 10.1 Å². The molecule has 0 unspecified atom stereocenters. The number of aromatic nitrogens is 2. The summed E-state index contributed by atoms with van der Waals surface area (Å²) in [6.45, 7) is 7.69. The van der Waals surface area contributed by atoms with E-state index in [9.17, 15) is 4.39 Å². The Labute approximate surface area is 124 Å². The highest BCUT2D eigenvalue weighted by molar-refractivity contribution is 6.53. The molecule has 7 heteroatoms. The van der Waals surface area contributed by atoms with E-state index in [-0.39, 0.29) is 5.73 Å². The maximum absolute atomic E-state index is 14.5. The summed E-state index contributed by atoms with van der Waals surface area (Å²) in [5.74, 6) is 1.04. The highest BCUT2D eigenvalue weighted by atomic mass is 19.1. The normalized spacial score (nSPS) is 26.8. The number of nitrogens with zero attached hydrogens (tertiary/aromatic N) is 2. The summed E-state index contributed by atoms with van der Waals surface area (Å²) in [5.41, 5.74) is -0.507. The van der Waals surface area contributed by atoms with Gasteiger partial charge in [0.1, 0.15) is 5.73 Å². The molecule has 0 radical (unpaired) electrons. The van der Waals surface area contributed by atoms with Gasteiger partial charge in [-0.2, -0.15) is 4.98 Å². The molecule has 0 N–H and O–H groups in total. The first-order valence-electron chi connectivity index (χ1n) is 7.27. The molecule has 21 heavy (non-hydrogen) atoms. The van der Waals surface area contributed by atoms with Gasteiger partial charge in [-0.3, -0.25) is 0 Å². The Morgan fingerprint density at radius 2 is 1.90 bits per heavy atom. The molecule has 1 aromatic heterocycles. The lowest BCUT2D eigenvalue weighted by Gasteiger charge is -2.32. The van der Waals surface area contributed by atoms with Crippen molar-refractivity contribution in [3.05, 3.63) is 23.5 Å².